The molecule has 0 aliphatic rings. The Morgan fingerprint density at radius 2 is 0.889 bits per heavy atom. The minimum atomic E-state index is 1.12. The molecule has 1 aromatic heterocycles. The van der Waals surface area contributed by atoms with Crippen LogP contribution in [0.5, 0.6) is 0 Å². The van der Waals surface area contributed by atoms with Gasteiger partial charge in [0.05, 0.1) is 11.0 Å². The summed E-state index contributed by atoms with van der Waals surface area (Å²) in [4.78, 5) is 2.33. The highest BCUT2D eigenvalue weighted by molar-refractivity contribution is 6.52. The van der Waals surface area contributed by atoms with Crippen molar-refractivity contribution in [2.45, 2.75) is 6.82 Å². The number of anilines is 3. The van der Waals surface area contributed by atoms with Crippen LogP contribution >= 0.6 is 0 Å². The van der Waals surface area contributed by atoms with Crippen LogP contribution in [-0.2, 0) is 0 Å². The fourth-order valence-electron chi connectivity index (χ4n) is 8.36. The molecular formula is C51H36BN2. The maximum Gasteiger partial charge on any atom is 0.148 e. The minimum Gasteiger partial charge on any atom is -0.310 e. The molecular weight excluding hydrogens is 651 g/mol. The molecule has 0 unspecified atom stereocenters. The van der Waals surface area contributed by atoms with E-state index in [0.717, 1.165) is 22.7 Å². The lowest BCUT2D eigenvalue weighted by molar-refractivity contribution is 1.18. The molecule has 0 saturated carbocycles. The number of benzene rings is 9. The van der Waals surface area contributed by atoms with Crippen LogP contribution in [0.15, 0.2) is 200 Å². The van der Waals surface area contributed by atoms with E-state index in [2.05, 4.69) is 224 Å². The van der Waals surface area contributed by atoms with Gasteiger partial charge in [-0.15, -0.1) is 0 Å². The predicted octanol–water partition coefficient (Wildman–Crippen LogP) is 13.3. The first-order valence-corrected chi connectivity index (χ1v) is 18.6. The van der Waals surface area contributed by atoms with Gasteiger partial charge in [-0.3, -0.25) is 0 Å². The molecule has 0 bridgehead atoms. The number of aromatic nitrogens is 1. The average molecular weight is 688 g/mol. The van der Waals surface area contributed by atoms with Crippen molar-refractivity contribution in [1.82, 2.24) is 4.57 Å². The zero-order chi connectivity index (χ0) is 36.0. The zero-order valence-corrected chi connectivity index (χ0v) is 30.0. The Morgan fingerprint density at radius 1 is 0.370 bits per heavy atom. The number of fused-ring (bicyclic) bond motifs is 5. The summed E-state index contributed by atoms with van der Waals surface area (Å²) in [6, 6.07) is 72.7. The van der Waals surface area contributed by atoms with E-state index >= 15 is 0 Å². The first-order chi connectivity index (χ1) is 26.8. The maximum absolute atomic E-state index is 2.41. The van der Waals surface area contributed by atoms with E-state index in [0.29, 0.717) is 0 Å². The van der Waals surface area contributed by atoms with Gasteiger partial charge in [0, 0.05) is 33.5 Å². The average Bonchev–Trinajstić information content (AvgIpc) is 3.57. The van der Waals surface area contributed by atoms with Gasteiger partial charge in [0.15, 0.2) is 0 Å². The van der Waals surface area contributed by atoms with Gasteiger partial charge in [0.1, 0.15) is 7.28 Å². The monoisotopic (exact) mass is 687 g/mol. The van der Waals surface area contributed by atoms with Gasteiger partial charge in [-0.05, 0) is 104 Å². The van der Waals surface area contributed by atoms with Crippen molar-refractivity contribution in [3.63, 3.8) is 0 Å². The van der Waals surface area contributed by atoms with Crippen molar-refractivity contribution < 1.29 is 0 Å². The van der Waals surface area contributed by atoms with Crippen molar-refractivity contribution in [1.29, 1.82) is 0 Å². The minimum absolute atomic E-state index is 1.12. The molecule has 0 saturated heterocycles. The molecule has 2 nitrogen and oxygen atoms in total. The second-order valence-corrected chi connectivity index (χ2v) is 13.9. The molecule has 0 aliphatic carbocycles. The van der Waals surface area contributed by atoms with Gasteiger partial charge in [0.2, 0.25) is 0 Å². The summed E-state index contributed by atoms with van der Waals surface area (Å²) >= 11 is 0. The van der Waals surface area contributed by atoms with Gasteiger partial charge >= 0.3 is 0 Å². The van der Waals surface area contributed by atoms with Crippen LogP contribution < -0.4 is 10.4 Å². The zero-order valence-electron chi connectivity index (χ0n) is 30.0. The van der Waals surface area contributed by atoms with Gasteiger partial charge in [0.25, 0.3) is 0 Å². The third-order valence-electron chi connectivity index (χ3n) is 10.8. The van der Waals surface area contributed by atoms with Crippen LogP contribution in [0.4, 0.5) is 17.1 Å². The normalized spacial score (nSPS) is 11.4. The van der Waals surface area contributed by atoms with Crippen molar-refractivity contribution in [2.75, 3.05) is 4.90 Å². The molecule has 10 aromatic rings. The SMILES string of the molecule is C[B]c1ccc2c(-c3ccc(-n4c5ccccc5c5cc(N(c6ccccc6)c6ccccc6)ccc54)cc3)c3ccccc3c(-c3ccccc3)c2c1. The van der Waals surface area contributed by atoms with E-state index in [4.69, 9.17) is 0 Å². The Morgan fingerprint density at radius 3 is 1.54 bits per heavy atom. The summed E-state index contributed by atoms with van der Waals surface area (Å²) in [5, 5.41) is 7.51. The fraction of sp³-hybridized carbons (Fsp3) is 0.0196. The van der Waals surface area contributed by atoms with Gasteiger partial charge < -0.3 is 9.47 Å². The van der Waals surface area contributed by atoms with E-state index in [1.807, 2.05) is 0 Å². The van der Waals surface area contributed by atoms with E-state index in [9.17, 15) is 0 Å². The summed E-state index contributed by atoms with van der Waals surface area (Å²) in [7, 11) is 2.19. The lowest BCUT2D eigenvalue weighted by Gasteiger charge is -2.25. The summed E-state index contributed by atoms with van der Waals surface area (Å²) < 4.78 is 2.41. The van der Waals surface area contributed by atoms with E-state index in [1.165, 1.54) is 71.1 Å². The van der Waals surface area contributed by atoms with Crippen molar-refractivity contribution in [3.8, 4) is 27.9 Å². The molecule has 1 radical (unpaired) electrons. The van der Waals surface area contributed by atoms with Crippen molar-refractivity contribution >= 4 is 73.2 Å². The van der Waals surface area contributed by atoms with Crippen LogP contribution in [0.2, 0.25) is 6.82 Å². The second-order valence-electron chi connectivity index (χ2n) is 13.9. The van der Waals surface area contributed by atoms with E-state index in [1.54, 1.807) is 0 Å². The lowest BCUT2D eigenvalue weighted by Crippen LogP contribution is -2.09. The smallest absolute Gasteiger partial charge is 0.148 e. The lowest BCUT2D eigenvalue weighted by atomic mass is 9.72. The highest BCUT2D eigenvalue weighted by Gasteiger charge is 2.19. The number of nitrogens with zero attached hydrogens (tertiary/aromatic N) is 2. The summed E-state index contributed by atoms with van der Waals surface area (Å²) in [5.41, 5.74) is 13.1. The molecule has 0 amide bonds. The third-order valence-corrected chi connectivity index (χ3v) is 10.8. The molecule has 0 spiro atoms. The quantitative estimate of drug-likeness (QED) is 0.120. The van der Waals surface area contributed by atoms with Gasteiger partial charge in [-0.2, -0.15) is 0 Å². The molecule has 0 fully saturated rings. The predicted molar refractivity (Wildman–Crippen MR) is 233 cm³/mol. The maximum atomic E-state index is 2.41. The van der Waals surface area contributed by atoms with Crippen LogP contribution in [0.25, 0.3) is 71.3 Å². The first kappa shape index (κ1) is 31.9. The summed E-state index contributed by atoms with van der Waals surface area (Å²) in [5.74, 6) is 0. The second kappa shape index (κ2) is 13.3. The third kappa shape index (κ3) is 5.28. The Kier molecular flexibility index (Phi) is 7.84. The number of para-hydroxylation sites is 3. The van der Waals surface area contributed by atoms with Gasteiger partial charge in [-0.25, -0.2) is 0 Å². The largest absolute Gasteiger partial charge is 0.310 e. The molecule has 1 heterocycles. The van der Waals surface area contributed by atoms with E-state index in [-0.39, 0.29) is 0 Å². The van der Waals surface area contributed by atoms with Crippen LogP contribution in [0.1, 0.15) is 0 Å². The summed E-state index contributed by atoms with van der Waals surface area (Å²) in [6.45, 7) is 2.11. The highest BCUT2D eigenvalue weighted by atomic mass is 15.1. The number of hydrogen-bond acceptors (Lipinski definition) is 1. The fourth-order valence-corrected chi connectivity index (χ4v) is 8.36. The molecule has 9 aromatic carbocycles. The highest BCUT2D eigenvalue weighted by Crippen LogP contribution is 2.44. The topological polar surface area (TPSA) is 8.17 Å². The Hall–Kier alpha value is -6.84. The molecule has 0 aliphatic heterocycles. The Labute approximate surface area is 316 Å². The molecule has 253 valence electrons. The molecule has 54 heavy (non-hydrogen) atoms. The molecule has 0 N–H and O–H groups in total. The molecule has 10 rings (SSSR count). The standard InChI is InChI=1S/C51H36BN2/c1-52-37-27-31-45-47(33-37)51(35-15-5-2-6-16-35)44-23-12-11-22-43(44)50(45)36-25-28-40(29-26-36)54-48-24-14-13-21-42(48)46-34-41(30-32-49(46)54)53(38-17-7-3-8-18-38)39-19-9-4-10-20-39/h2-34H,1H3. The Balaban J connectivity index is 1.14. The summed E-state index contributed by atoms with van der Waals surface area (Å²) in [6.07, 6.45) is 0. The molecule has 3 heteroatoms. The Bertz CT molecular complexity index is 2910. The van der Waals surface area contributed by atoms with Crippen molar-refractivity contribution in [2.24, 2.45) is 0 Å². The number of rotatable bonds is 7. The van der Waals surface area contributed by atoms with E-state index < -0.39 is 0 Å². The van der Waals surface area contributed by atoms with Crippen LogP contribution in [-0.4, -0.2) is 11.8 Å². The number of hydrogen-bond donors (Lipinski definition) is 0. The molecule has 0 atom stereocenters. The van der Waals surface area contributed by atoms with Gasteiger partial charge in [-0.1, -0.05) is 152 Å². The van der Waals surface area contributed by atoms with Crippen LogP contribution in [0.3, 0.4) is 0 Å². The van der Waals surface area contributed by atoms with Crippen molar-refractivity contribution in [3.05, 3.63) is 200 Å². The van der Waals surface area contributed by atoms with Crippen LogP contribution in [0, 0.1) is 0 Å². The first-order valence-electron chi connectivity index (χ1n) is 18.6.